The number of phenols is 1. The smallest absolute Gasteiger partial charge is 0.325 e. The minimum Gasteiger partial charge on any atom is -0.508 e. The Kier molecular flexibility index (Phi) is 5.42. The van der Waals surface area contributed by atoms with Gasteiger partial charge >= 0.3 is 5.97 Å². The van der Waals surface area contributed by atoms with E-state index in [0.717, 1.165) is 17.5 Å². The van der Waals surface area contributed by atoms with Gasteiger partial charge < -0.3 is 21.3 Å². The van der Waals surface area contributed by atoms with Gasteiger partial charge in [-0.1, -0.05) is 18.2 Å². The zero-order chi connectivity index (χ0) is 17.7. The first-order valence-electron chi connectivity index (χ1n) is 7.57. The number of carbonyl (C=O) groups is 2. The lowest BCUT2D eigenvalue weighted by Crippen LogP contribution is -2.38. The quantitative estimate of drug-likeness (QED) is 0.606. The van der Waals surface area contributed by atoms with E-state index < -0.39 is 17.9 Å². The van der Waals surface area contributed by atoms with Gasteiger partial charge in [-0.15, -0.1) is 0 Å². The van der Waals surface area contributed by atoms with Crippen LogP contribution in [0.15, 0.2) is 42.5 Å². The first-order valence-corrected chi connectivity index (χ1v) is 7.57. The van der Waals surface area contributed by atoms with E-state index in [-0.39, 0.29) is 11.3 Å². The normalized spacial score (nSPS) is 11.7. The van der Waals surface area contributed by atoms with E-state index >= 15 is 0 Å². The Labute approximate surface area is 139 Å². The van der Waals surface area contributed by atoms with E-state index in [1.807, 2.05) is 18.2 Å². The summed E-state index contributed by atoms with van der Waals surface area (Å²) in [6, 6.07) is 11.1. The van der Waals surface area contributed by atoms with Crippen LogP contribution >= 0.6 is 0 Å². The molecule has 0 radical (unpaired) electrons. The maximum absolute atomic E-state index is 12.2. The van der Waals surface area contributed by atoms with Crippen molar-refractivity contribution in [2.24, 2.45) is 0 Å². The van der Waals surface area contributed by atoms with Gasteiger partial charge in [0.25, 0.3) is 5.91 Å². The number of carbonyl (C=O) groups excluding carboxylic acids is 1. The maximum Gasteiger partial charge on any atom is 0.325 e. The standard InChI is InChI=1S/C18H20N2O4/c1-11(18(23)24)20-17(22)15-10-13(6-9-16(15)19)3-2-12-4-7-14(21)8-5-12/h4-11,21H,2-3,19H2,1H3,(H,20,22)(H,23,24). The summed E-state index contributed by atoms with van der Waals surface area (Å²) in [6.45, 7) is 1.39. The number of aliphatic carboxylic acids is 1. The predicted octanol–water partition coefficient (Wildman–Crippen LogP) is 1.96. The minimum atomic E-state index is -1.11. The number of benzene rings is 2. The lowest BCUT2D eigenvalue weighted by molar-refractivity contribution is -0.138. The molecule has 0 spiro atoms. The molecule has 24 heavy (non-hydrogen) atoms. The van der Waals surface area contributed by atoms with Crippen molar-refractivity contribution in [2.75, 3.05) is 5.73 Å². The fourth-order valence-corrected chi connectivity index (χ4v) is 2.24. The molecular formula is C18H20N2O4. The number of anilines is 1. The van der Waals surface area contributed by atoms with Crippen LogP contribution in [0, 0.1) is 0 Å². The van der Waals surface area contributed by atoms with Gasteiger partial charge in [0.1, 0.15) is 11.8 Å². The van der Waals surface area contributed by atoms with Gasteiger partial charge in [0, 0.05) is 5.69 Å². The number of phenolic OH excluding ortho intramolecular Hbond substituents is 1. The molecule has 0 bridgehead atoms. The van der Waals surface area contributed by atoms with Crippen molar-refractivity contribution < 1.29 is 19.8 Å². The van der Waals surface area contributed by atoms with Crippen LogP contribution in [0.1, 0.15) is 28.4 Å². The van der Waals surface area contributed by atoms with E-state index in [1.165, 1.54) is 6.92 Å². The highest BCUT2D eigenvalue weighted by Crippen LogP contribution is 2.17. The summed E-state index contributed by atoms with van der Waals surface area (Å²) in [6.07, 6.45) is 1.44. The topological polar surface area (TPSA) is 113 Å². The third-order valence-electron chi connectivity index (χ3n) is 3.72. The zero-order valence-corrected chi connectivity index (χ0v) is 13.3. The molecule has 0 aliphatic rings. The molecule has 6 heteroatoms. The number of amides is 1. The second-order valence-corrected chi connectivity index (χ2v) is 5.62. The molecule has 1 amide bonds. The second kappa shape index (κ2) is 7.50. The Balaban J connectivity index is 2.08. The molecule has 126 valence electrons. The SMILES string of the molecule is CC(NC(=O)c1cc(CCc2ccc(O)cc2)ccc1N)C(=O)O. The Morgan fingerprint density at radius 1 is 1.08 bits per heavy atom. The van der Waals surface area contributed by atoms with Gasteiger partial charge in [0.2, 0.25) is 0 Å². The van der Waals surface area contributed by atoms with Gasteiger partial charge in [-0.2, -0.15) is 0 Å². The summed E-state index contributed by atoms with van der Waals surface area (Å²) in [4.78, 5) is 23.0. The number of carboxylic acids is 1. The molecular weight excluding hydrogens is 308 g/mol. The van der Waals surface area contributed by atoms with Gasteiger partial charge in [0.15, 0.2) is 0 Å². The van der Waals surface area contributed by atoms with Crippen LogP contribution < -0.4 is 11.1 Å². The van der Waals surface area contributed by atoms with E-state index in [0.29, 0.717) is 12.1 Å². The van der Waals surface area contributed by atoms with Gasteiger partial charge in [-0.3, -0.25) is 9.59 Å². The molecule has 2 aromatic carbocycles. The molecule has 0 aliphatic heterocycles. The minimum absolute atomic E-state index is 0.220. The molecule has 0 aliphatic carbocycles. The monoisotopic (exact) mass is 328 g/mol. The first-order chi connectivity index (χ1) is 11.4. The van der Waals surface area contributed by atoms with Crippen molar-refractivity contribution >= 4 is 17.6 Å². The van der Waals surface area contributed by atoms with Crippen molar-refractivity contribution in [3.05, 3.63) is 59.2 Å². The maximum atomic E-state index is 12.2. The number of hydrogen-bond donors (Lipinski definition) is 4. The summed E-state index contributed by atoms with van der Waals surface area (Å²) in [7, 11) is 0. The van der Waals surface area contributed by atoms with E-state index in [2.05, 4.69) is 5.32 Å². The van der Waals surface area contributed by atoms with Crippen LogP contribution in [-0.2, 0) is 17.6 Å². The predicted molar refractivity (Wildman–Crippen MR) is 90.9 cm³/mol. The first kappa shape index (κ1) is 17.3. The fraction of sp³-hybridized carbons (Fsp3) is 0.222. The van der Waals surface area contributed by atoms with Crippen molar-refractivity contribution in [2.45, 2.75) is 25.8 Å². The molecule has 2 aromatic rings. The molecule has 5 N–H and O–H groups in total. The summed E-state index contributed by atoms with van der Waals surface area (Å²) in [5.74, 6) is -1.39. The molecule has 1 atom stereocenters. The molecule has 1 unspecified atom stereocenters. The van der Waals surface area contributed by atoms with E-state index in [1.54, 1.807) is 24.3 Å². The van der Waals surface area contributed by atoms with Crippen molar-refractivity contribution in [3.63, 3.8) is 0 Å². The number of nitrogens with two attached hydrogens (primary N) is 1. The third-order valence-corrected chi connectivity index (χ3v) is 3.72. The molecule has 0 heterocycles. The highest BCUT2D eigenvalue weighted by Gasteiger charge is 2.17. The Hall–Kier alpha value is -3.02. The number of carboxylic acid groups (broad SMARTS) is 1. The fourth-order valence-electron chi connectivity index (χ4n) is 2.24. The van der Waals surface area contributed by atoms with Gasteiger partial charge in [0.05, 0.1) is 5.56 Å². The van der Waals surface area contributed by atoms with Crippen LogP contribution in [0.2, 0.25) is 0 Å². The second-order valence-electron chi connectivity index (χ2n) is 5.62. The number of nitrogens with one attached hydrogen (secondary N) is 1. The molecule has 0 fully saturated rings. The highest BCUT2D eigenvalue weighted by atomic mass is 16.4. The number of aryl methyl sites for hydroxylation is 2. The molecule has 0 saturated heterocycles. The number of rotatable bonds is 6. The Morgan fingerprint density at radius 3 is 2.29 bits per heavy atom. The number of aromatic hydroxyl groups is 1. The Bertz CT molecular complexity index is 741. The van der Waals surface area contributed by atoms with Crippen molar-refractivity contribution in [1.29, 1.82) is 0 Å². The summed E-state index contributed by atoms with van der Waals surface area (Å²) in [5.41, 5.74) is 8.39. The largest absolute Gasteiger partial charge is 0.508 e. The van der Waals surface area contributed by atoms with E-state index in [4.69, 9.17) is 10.8 Å². The van der Waals surface area contributed by atoms with E-state index in [9.17, 15) is 14.7 Å². The highest BCUT2D eigenvalue weighted by molar-refractivity contribution is 6.00. The summed E-state index contributed by atoms with van der Waals surface area (Å²) < 4.78 is 0. The van der Waals surface area contributed by atoms with Crippen LogP contribution in [0.4, 0.5) is 5.69 Å². The lowest BCUT2D eigenvalue weighted by atomic mass is 10.0. The lowest BCUT2D eigenvalue weighted by Gasteiger charge is -2.12. The Morgan fingerprint density at radius 2 is 1.67 bits per heavy atom. The average molecular weight is 328 g/mol. The van der Waals surface area contributed by atoms with Crippen LogP contribution in [0.3, 0.4) is 0 Å². The molecule has 0 saturated carbocycles. The third kappa shape index (κ3) is 4.49. The zero-order valence-electron chi connectivity index (χ0n) is 13.3. The van der Waals surface area contributed by atoms with Crippen LogP contribution in [0.25, 0.3) is 0 Å². The van der Waals surface area contributed by atoms with Crippen molar-refractivity contribution in [3.8, 4) is 5.75 Å². The number of nitrogen functional groups attached to an aromatic ring is 1. The van der Waals surface area contributed by atoms with Crippen molar-refractivity contribution in [1.82, 2.24) is 5.32 Å². The summed E-state index contributed by atoms with van der Waals surface area (Å²) >= 11 is 0. The van der Waals surface area contributed by atoms with Crippen LogP contribution in [0.5, 0.6) is 5.75 Å². The summed E-state index contributed by atoms with van der Waals surface area (Å²) in [5, 5.41) is 20.5. The molecule has 2 rings (SSSR count). The van der Waals surface area contributed by atoms with Gasteiger partial charge in [-0.25, -0.2) is 0 Å². The molecule has 0 aromatic heterocycles. The van der Waals surface area contributed by atoms with Crippen LogP contribution in [-0.4, -0.2) is 28.1 Å². The molecule has 6 nitrogen and oxygen atoms in total. The average Bonchev–Trinajstić information content (AvgIpc) is 2.55. The van der Waals surface area contributed by atoms with Gasteiger partial charge in [-0.05, 0) is 55.2 Å². The number of hydrogen-bond acceptors (Lipinski definition) is 4.